The van der Waals surface area contributed by atoms with Gasteiger partial charge in [-0.15, -0.1) is 0 Å². The Kier molecular flexibility index (Phi) is 6.08. The van der Waals surface area contributed by atoms with Crippen molar-refractivity contribution >= 4 is 21.6 Å². The van der Waals surface area contributed by atoms with Crippen molar-refractivity contribution in [2.75, 3.05) is 25.5 Å². The van der Waals surface area contributed by atoms with Crippen LogP contribution in [0.25, 0.3) is 0 Å². The van der Waals surface area contributed by atoms with Crippen molar-refractivity contribution < 1.29 is 17.9 Å². The molecule has 0 aliphatic carbocycles. The molecule has 1 aromatic carbocycles. The SMILES string of the molecule is COc1ccc(NC(=O)c2cccc(S(=O)(=O)N3CCCCCC3)c2)cn1. The van der Waals surface area contributed by atoms with E-state index in [-0.39, 0.29) is 10.5 Å². The highest BCUT2D eigenvalue weighted by molar-refractivity contribution is 7.89. The Morgan fingerprint density at radius 2 is 1.85 bits per heavy atom. The lowest BCUT2D eigenvalue weighted by molar-refractivity contribution is 0.102. The zero-order valence-corrected chi connectivity index (χ0v) is 16.0. The van der Waals surface area contributed by atoms with Gasteiger partial charge < -0.3 is 10.1 Å². The number of carbonyl (C=O) groups is 1. The highest BCUT2D eigenvalue weighted by atomic mass is 32.2. The number of anilines is 1. The molecular formula is C19H23N3O4S. The largest absolute Gasteiger partial charge is 0.481 e. The predicted molar refractivity (Wildman–Crippen MR) is 102 cm³/mol. The molecule has 1 N–H and O–H groups in total. The lowest BCUT2D eigenvalue weighted by Crippen LogP contribution is -2.32. The molecule has 0 saturated carbocycles. The first kappa shape index (κ1) is 19.3. The summed E-state index contributed by atoms with van der Waals surface area (Å²) in [4.78, 5) is 16.7. The fourth-order valence-corrected chi connectivity index (χ4v) is 4.57. The van der Waals surface area contributed by atoms with Crippen LogP contribution in [0.4, 0.5) is 5.69 Å². The molecule has 3 rings (SSSR count). The van der Waals surface area contributed by atoms with Crippen LogP contribution >= 0.6 is 0 Å². The number of carbonyl (C=O) groups excluding carboxylic acids is 1. The number of methoxy groups -OCH3 is 1. The van der Waals surface area contributed by atoms with Crippen LogP contribution in [0.2, 0.25) is 0 Å². The molecule has 1 aliphatic rings. The molecule has 0 spiro atoms. The Hall–Kier alpha value is -2.45. The van der Waals surface area contributed by atoms with Crippen molar-refractivity contribution in [3.05, 3.63) is 48.2 Å². The van der Waals surface area contributed by atoms with Crippen molar-refractivity contribution in [1.82, 2.24) is 9.29 Å². The number of amides is 1. The van der Waals surface area contributed by atoms with E-state index in [2.05, 4.69) is 10.3 Å². The molecule has 0 bridgehead atoms. The van der Waals surface area contributed by atoms with Gasteiger partial charge in [-0.3, -0.25) is 4.79 Å². The van der Waals surface area contributed by atoms with Gasteiger partial charge in [0.05, 0.1) is 23.9 Å². The molecule has 1 aromatic heterocycles. The van der Waals surface area contributed by atoms with Gasteiger partial charge in [-0.1, -0.05) is 18.9 Å². The summed E-state index contributed by atoms with van der Waals surface area (Å²) in [5.74, 6) is 0.0495. The van der Waals surface area contributed by atoms with Crippen LogP contribution in [-0.4, -0.2) is 43.8 Å². The minimum absolute atomic E-state index is 0.143. The summed E-state index contributed by atoms with van der Waals surface area (Å²) in [5.41, 5.74) is 0.781. The number of aromatic nitrogens is 1. The average molecular weight is 389 g/mol. The van der Waals surface area contributed by atoms with Gasteiger partial charge in [0.15, 0.2) is 0 Å². The standard InChI is InChI=1S/C19H23N3O4S/c1-26-18-10-9-16(14-20-18)21-19(23)15-7-6-8-17(13-15)27(24,25)22-11-4-2-3-5-12-22/h6-10,13-14H,2-5,11-12H2,1H3,(H,21,23). The van der Waals surface area contributed by atoms with Gasteiger partial charge in [0.1, 0.15) is 0 Å². The normalized spacial score (nSPS) is 15.7. The van der Waals surface area contributed by atoms with Crippen molar-refractivity contribution in [3.63, 3.8) is 0 Å². The van der Waals surface area contributed by atoms with Crippen molar-refractivity contribution in [2.24, 2.45) is 0 Å². The molecule has 0 unspecified atom stereocenters. The number of ether oxygens (including phenoxy) is 1. The molecule has 1 aliphatic heterocycles. The summed E-state index contributed by atoms with van der Waals surface area (Å²) < 4.78 is 32.3. The topological polar surface area (TPSA) is 88.6 Å². The molecule has 7 nitrogen and oxygen atoms in total. The summed E-state index contributed by atoms with van der Waals surface area (Å²) in [7, 11) is -2.09. The second-order valence-corrected chi connectivity index (χ2v) is 8.33. The van der Waals surface area contributed by atoms with Crippen molar-refractivity contribution in [1.29, 1.82) is 0 Å². The molecule has 2 heterocycles. The first-order valence-electron chi connectivity index (χ1n) is 8.92. The summed E-state index contributed by atoms with van der Waals surface area (Å²) in [6, 6.07) is 9.44. The summed E-state index contributed by atoms with van der Waals surface area (Å²) >= 11 is 0. The van der Waals surface area contributed by atoms with Crippen molar-refractivity contribution in [3.8, 4) is 5.88 Å². The number of nitrogens with zero attached hydrogens (tertiary/aromatic N) is 2. The third-order valence-corrected chi connectivity index (χ3v) is 6.40. The van der Waals surface area contributed by atoms with Crippen LogP contribution in [0, 0.1) is 0 Å². The van der Waals surface area contributed by atoms with Crippen LogP contribution < -0.4 is 10.1 Å². The third-order valence-electron chi connectivity index (χ3n) is 4.50. The van der Waals surface area contributed by atoms with E-state index in [1.807, 2.05) is 0 Å². The van der Waals surface area contributed by atoms with Crippen molar-refractivity contribution in [2.45, 2.75) is 30.6 Å². The average Bonchev–Trinajstić information content (AvgIpc) is 2.99. The van der Waals surface area contributed by atoms with Gasteiger partial charge in [0.2, 0.25) is 15.9 Å². The van der Waals surface area contributed by atoms with Crippen LogP contribution in [0.1, 0.15) is 36.0 Å². The van der Waals surface area contributed by atoms with E-state index in [4.69, 9.17) is 4.74 Å². The highest BCUT2D eigenvalue weighted by Gasteiger charge is 2.25. The maximum Gasteiger partial charge on any atom is 0.255 e. The van der Waals surface area contributed by atoms with E-state index in [9.17, 15) is 13.2 Å². The minimum atomic E-state index is -3.60. The summed E-state index contributed by atoms with van der Waals surface area (Å²) in [6.45, 7) is 1.05. The number of hydrogen-bond donors (Lipinski definition) is 1. The number of sulfonamides is 1. The Morgan fingerprint density at radius 1 is 1.11 bits per heavy atom. The van der Waals surface area contributed by atoms with E-state index in [1.165, 1.54) is 29.7 Å². The molecule has 0 atom stereocenters. The highest BCUT2D eigenvalue weighted by Crippen LogP contribution is 2.21. The fraction of sp³-hybridized carbons (Fsp3) is 0.368. The Bertz CT molecular complexity index is 889. The Labute approximate surface area is 159 Å². The maximum absolute atomic E-state index is 12.9. The third kappa shape index (κ3) is 4.64. The van der Waals surface area contributed by atoms with E-state index in [0.29, 0.717) is 24.7 Å². The lowest BCUT2D eigenvalue weighted by Gasteiger charge is -2.20. The van der Waals surface area contributed by atoms with E-state index in [0.717, 1.165) is 25.7 Å². The first-order chi connectivity index (χ1) is 13.0. The van der Waals surface area contributed by atoms with Crippen LogP contribution in [-0.2, 0) is 10.0 Å². The van der Waals surface area contributed by atoms with Crippen LogP contribution in [0.15, 0.2) is 47.5 Å². The second kappa shape index (κ2) is 8.49. The molecule has 27 heavy (non-hydrogen) atoms. The van der Waals surface area contributed by atoms with E-state index in [1.54, 1.807) is 24.3 Å². The summed E-state index contributed by atoms with van der Waals surface area (Å²) in [5, 5.41) is 2.71. The predicted octanol–water partition coefficient (Wildman–Crippen LogP) is 2.91. The molecule has 0 radical (unpaired) electrons. The number of benzene rings is 1. The molecule has 2 aromatic rings. The second-order valence-electron chi connectivity index (χ2n) is 6.39. The Morgan fingerprint density at radius 3 is 2.48 bits per heavy atom. The lowest BCUT2D eigenvalue weighted by atomic mass is 10.2. The van der Waals surface area contributed by atoms with E-state index >= 15 is 0 Å². The first-order valence-corrected chi connectivity index (χ1v) is 10.4. The monoisotopic (exact) mass is 389 g/mol. The number of nitrogens with one attached hydrogen (secondary N) is 1. The van der Waals surface area contributed by atoms with Gasteiger partial charge in [0.25, 0.3) is 5.91 Å². The minimum Gasteiger partial charge on any atom is -0.481 e. The van der Waals surface area contributed by atoms with Gasteiger partial charge >= 0.3 is 0 Å². The summed E-state index contributed by atoms with van der Waals surface area (Å²) in [6.07, 6.45) is 5.30. The van der Waals surface area contributed by atoms with E-state index < -0.39 is 15.9 Å². The number of pyridine rings is 1. The van der Waals surface area contributed by atoms with Crippen LogP contribution in [0.3, 0.4) is 0 Å². The zero-order valence-electron chi connectivity index (χ0n) is 15.2. The molecule has 1 saturated heterocycles. The quantitative estimate of drug-likeness (QED) is 0.849. The zero-order chi connectivity index (χ0) is 19.3. The van der Waals surface area contributed by atoms with Gasteiger partial charge in [-0.2, -0.15) is 4.31 Å². The number of rotatable bonds is 5. The van der Waals surface area contributed by atoms with Gasteiger partial charge in [-0.25, -0.2) is 13.4 Å². The maximum atomic E-state index is 12.9. The molecule has 1 fully saturated rings. The molecule has 1 amide bonds. The molecular weight excluding hydrogens is 366 g/mol. The van der Waals surface area contributed by atoms with Gasteiger partial charge in [-0.05, 0) is 37.1 Å². The number of hydrogen-bond acceptors (Lipinski definition) is 5. The smallest absolute Gasteiger partial charge is 0.255 e. The van der Waals surface area contributed by atoms with Crippen LogP contribution in [0.5, 0.6) is 5.88 Å². The molecule has 8 heteroatoms. The fourth-order valence-electron chi connectivity index (χ4n) is 3.01. The molecule has 144 valence electrons. The van der Waals surface area contributed by atoms with Gasteiger partial charge in [0, 0.05) is 24.7 Å². The Balaban J connectivity index is 1.78.